The van der Waals surface area contributed by atoms with Crippen molar-refractivity contribution in [2.24, 2.45) is 4.99 Å². The van der Waals surface area contributed by atoms with Gasteiger partial charge in [0, 0.05) is 45.9 Å². The summed E-state index contributed by atoms with van der Waals surface area (Å²) in [4.78, 5) is 6.56. The molecule has 0 radical (unpaired) electrons. The number of nitrogens with one attached hydrogen (secondary N) is 2. The van der Waals surface area contributed by atoms with E-state index in [1.165, 1.54) is 6.42 Å². The van der Waals surface area contributed by atoms with Crippen molar-refractivity contribution < 1.29 is 4.74 Å². The SMILES string of the molecule is CCOCCCNC(=NC)NCCN(C)C(C)CC. The van der Waals surface area contributed by atoms with E-state index in [0.29, 0.717) is 6.04 Å². The van der Waals surface area contributed by atoms with Crippen LogP contribution in [0.1, 0.15) is 33.6 Å². The first-order chi connectivity index (χ1) is 9.15. The molecule has 0 aromatic rings. The molecule has 0 amide bonds. The molecule has 0 fully saturated rings. The lowest BCUT2D eigenvalue weighted by Crippen LogP contribution is -2.42. The number of rotatable bonds is 10. The van der Waals surface area contributed by atoms with Gasteiger partial charge in [-0.15, -0.1) is 0 Å². The summed E-state index contributed by atoms with van der Waals surface area (Å²) in [7, 11) is 3.96. The van der Waals surface area contributed by atoms with Crippen molar-refractivity contribution in [3.63, 3.8) is 0 Å². The van der Waals surface area contributed by atoms with Crippen molar-refractivity contribution >= 4 is 5.96 Å². The summed E-state index contributed by atoms with van der Waals surface area (Å²) in [5.74, 6) is 0.869. The fraction of sp³-hybridized carbons (Fsp3) is 0.929. The van der Waals surface area contributed by atoms with Crippen LogP contribution in [0.2, 0.25) is 0 Å². The Labute approximate surface area is 118 Å². The Morgan fingerprint density at radius 2 is 1.95 bits per heavy atom. The summed E-state index contributed by atoms with van der Waals surface area (Å²) in [6.07, 6.45) is 2.18. The smallest absolute Gasteiger partial charge is 0.191 e. The maximum atomic E-state index is 5.29. The van der Waals surface area contributed by atoms with Crippen LogP contribution >= 0.6 is 0 Å². The number of guanidine groups is 1. The number of aliphatic imine (C=N–C) groups is 1. The molecule has 0 aliphatic heterocycles. The summed E-state index contributed by atoms with van der Waals surface area (Å²) in [5.41, 5.74) is 0. The van der Waals surface area contributed by atoms with E-state index in [9.17, 15) is 0 Å². The lowest BCUT2D eigenvalue weighted by Gasteiger charge is -2.23. The topological polar surface area (TPSA) is 48.9 Å². The normalized spacial score (nSPS) is 13.7. The summed E-state index contributed by atoms with van der Waals surface area (Å²) in [6, 6.07) is 0.628. The first kappa shape index (κ1) is 18.2. The Hall–Kier alpha value is -0.810. The molecule has 19 heavy (non-hydrogen) atoms. The van der Waals surface area contributed by atoms with Gasteiger partial charge < -0.3 is 20.3 Å². The first-order valence-electron chi connectivity index (χ1n) is 7.38. The number of hydrogen-bond acceptors (Lipinski definition) is 3. The molecule has 0 aromatic heterocycles. The molecule has 0 heterocycles. The molecule has 1 unspecified atom stereocenters. The van der Waals surface area contributed by atoms with Crippen LogP contribution in [-0.2, 0) is 4.74 Å². The van der Waals surface area contributed by atoms with E-state index < -0.39 is 0 Å². The standard InChI is InChI=1S/C14H32N4O/c1-6-13(3)18(5)11-10-17-14(15-4)16-9-8-12-19-7-2/h13H,6-12H2,1-5H3,(H2,15,16,17). The molecule has 0 aliphatic carbocycles. The Bertz CT molecular complexity index is 233. The second-order valence-corrected chi connectivity index (χ2v) is 4.71. The maximum absolute atomic E-state index is 5.29. The van der Waals surface area contributed by atoms with Crippen LogP contribution in [-0.4, -0.2) is 63.8 Å². The van der Waals surface area contributed by atoms with Crippen molar-refractivity contribution in [2.75, 3.05) is 46.9 Å². The van der Waals surface area contributed by atoms with Gasteiger partial charge in [0.05, 0.1) is 0 Å². The van der Waals surface area contributed by atoms with E-state index in [2.05, 4.69) is 41.4 Å². The molecule has 0 spiro atoms. The highest BCUT2D eigenvalue weighted by Crippen LogP contribution is 1.97. The zero-order valence-corrected chi connectivity index (χ0v) is 13.3. The minimum atomic E-state index is 0.628. The third-order valence-corrected chi connectivity index (χ3v) is 3.29. The van der Waals surface area contributed by atoms with E-state index in [-0.39, 0.29) is 0 Å². The quantitative estimate of drug-likeness (QED) is 0.358. The molecule has 5 nitrogen and oxygen atoms in total. The van der Waals surface area contributed by atoms with Crippen LogP contribution in [0.25, 0.3) is 0 Å². The van der Waals surface area contributed by atoms with Crippen molar-refractivity contribution in [1.82, 2.24) is 15.5 Å². The maximum Gasteiger partial charge on any atom is 0.191 e. The molecular formula is C14H32N4O. The van der Waals surface area contributed by atoms with E-state index >= 15 is 0 Å². The molecule has 0 aliphatic rings. The average Bonchev–Trinajstić information content (AvgIpc) is 2.43. The lowest BCUT2D eigenvalue weighted by atomic mass is 10.2. The number of likely N-dealkylation sites (N-methyl/N-ethyl adjacent to an activating group) is 1. The minimum absolute atomic E-state index is 0.628. The third kappa shape index (κ3) is 9.73. The molecule has 114 valence electrons. The predicted molar refractivity (Wildman–Crippen MR) is 82.9 cm³/mol. The highest BCUT2D eigenvalue weighted by atomic mass is 16.5. The van der Waals surface area contributed by atoms with Crippen molar-refractivity contribution in [2.45, 2.75) is 39.7 Å². The van der Waals surface area contributed by atoms with Gasteiger partial charge in [0.15, 0.2) is 5.96 Å². The zero-order chi connectivity index (χ0) is 14.5. The van der Waals surface area contributed by atoms with Crippen molar-refractivity contribution in [3.05, 3.63) is 0 Å². The fourth-order valence-electron chi connectivity index (χ4n) is 1.63. The summed E-state index contributed by atoms with van der Waals surface area (Å²) >= 11 is 0. The largest absolute Gasteiger partial charge is 0.382 e. The van der Waals surface area contributed by atoms with E-state index in [1.54, 1.807) is 7.05 Å². The molecule has 0 aromatic carbocycles. The zero-order valence-electron chi connectivity index (χ0n) is 13.3. The van der Waals surface area contributed by atoms with Gasteiger partial charge in [-0.2, -0.15) is 0 Å². The average molecular weight is 272 g/mol. The fourth-order valence-corrected chi connectivity index (χ4v) is 1.63. The van der Waals surface area contributed by atoms with Gasteiger partial charge >= 0.3 is 0 Å². The molecule has 0 saturated carbocycles. The second-order valence-electron chi connectivity index (χ2n) is 4.71. The number of ether oxygens (including phenoxy) is 1. The first-order valence-corrected chi connectivity index (χ1v) is 7.38. The summed E-state index contributed by atoms with van der Waals surface area (Å²) < 4.78 is 5.29. The van der Waals surface area contributed by atoms with Gasteiger partial charge in [-0.3, -0.25) is 4.99 Å². The number of nitrogens with zero attached hydrogens (tertiary/aromatic N) is 2. The van der Waals surface area contributed by atoms with Crippen LogP contribution < -0.4 is 10.6 Å². The van der Waals surface area contributed by atoms with Crippen LogP contribution in [0.5, 0.6) is 0 Å². The highest BCUT2D eigenvalue weighted by molar-refractivity contribution is 5.79. The lowest BCUT2D eigenvalue weighted by molar-refractivity contribution is 0.145. The van der Waals surface area contributed by atoms with E-state index in [4.69, 9.17) is 4.74 Å². The highest BCUT2D eigenvalue weighted by Gasteiger charge is 2.05. The predicted octanol–water partition coefficient (Wildman–Crippen LogP) is 1.31. The minimum Gasteiger partial charge on any atom is -0.382 e. The van der Waals surface area contributed by atoms with Crippen LogP contribution in [0.3, 0.4) is 0 Å². The molecule has 1 atom stereocenters. The van der Waals surface area contributed by atoms with Crippen LogP contribution in [0.15, 0.2) is 4.99 Å². The second kappa shape index (κ2) is 12.2. The Morgan fingerprint density at radius 3 is 2.53 bits per heavy atom. The van der Waals surface area contributed by atoms with Gasteiger partial charge in [0.25, 0.3) is 0 Å². The Morgan fingerprint density at radius 1 is 1.26 bits per heavy atom. The summed E-state index contributed by atoms with van der Waals surface area (Å²) in [6.45, 7) is 10.9. The number of hydrogen-bond donors (Lipinski definition) is 2. The monoisotopic (exact) mass is 272 g/mol. The van der Waals surface area contributed by atoms with Crippen LogP contribution in [0.4, 0.5) is 0 Å². The van der Waals surface area contributed by atoms with Crippen molar-refractivity contribution in [3.8, 4) is 0 Å². The Balaban J connectivity index is 3.65. The third-order valence-electron chi connectivity index (χ3n) is 3.29. The van der Waals surface area contributed by atoms with E-state index in [0.717, 1.165) is 45.2 Å². The molecule has 0 rings (SSSR count). The van der Waals surface area contributed by atoms with E-state index in [1.807, 2.05) is 6.92 Å². The Kier molecular flexibility index (Phi) is 11.7. The van der Waals surface area contributed by atoms with Gasteiger partial charge in [0.2, 0.25) is 0 Å². The molecule has 0 saturated heterocycles. The summed E-state index contributed by atoms with van der Waals surface area (Å²) in [5, 5.41) is 6.61. The molecular weight excluding hydrogens is 240 g/mol. The van der Waals surface area contributed by atoms with Crippen LogP contribution in [0, 0.1) is 0 Å². The van der Waals surface area contributed by atoms with Gasteiger partial charge in [0.1, 0.15) is 0 Å². The molecule has 0 bridgehead atoms. The molecule has 5 heteroatoms. The van der Waals surface area contributed by atoms with Crippen molar-refractivity contribution in [1.29, 1.82) is 0 Å². The van der Waals surface area contributed by atoms with Gasteiger partial charge in [-0.1, -0.05) is 6.92 Å². The van der Waals surface area contributed by atoms with Gasteiger partial charge in [-0.25, -0.2) is 0 Å². The molecule has 2 N–H and O–H groups in total. The van der Waals surface area contributed by atoms with Gasteiger partial charge in [-0.05, 0) is 33.7 Å².